The van der Waals surface area contributed by atoms with Crippen LogP contribution in [0.4, 0.5) is 5.95 Å². The first-order chi connectivity index (χ1) is 10.8. The maximum Gasteiger partial charge on any atom is 0.276 e. The summed E-state index contributed by atoms with van der Waals surface area (Å²) in [5.74, 6) is 0.309. The molecule has 0 bridgehead atoms. The molecule has 2 aromatic heterocycles. The van der Waals surface area contributed by atoms with Crippen molar-refractivity contribution in [1.82, 2.24) is 19.3 Å². The highest BCUT2D eigenvalue weighted by atomic mass is 16.2. The number of anilines is 1. The lowest BCUT2D eigenvalue weighted by Gasteiger charge is -2.13. The van der Waals surface area contributed by atoms with Crippen LogP contribution in [0.15, 0.2) is 30.3 Å². The van der Waals surface area contributed by atoms with Gasteiger partial charge in [0, 0.05) is 19.5 Å². The SMILES string of the molecule is Cn1nc(C(C)(C)C)cc1C(=O)Nc1nc2ccccc2n1C. The number of amides is 1. The molecule has 0 aliphatic rings. The van der Waals surface area contributed by atoms with Gasteiger partial charge in [-0.1, -0.05) is 32.9 Å². The van der Waals surface area contributed by atoms with Crippen molar-refractivity contribution in [2.45, 2.75) is 26.2 Å². The third-order valence-corrected chi connectivity index (χ3v) is 3.89. The number of fused-ring (bicyclic) bond motifs is 1. The van der Waals surface area contributed by atoms with Gasteiger partial charge in [0.2, 0.25) is 5.95 Å². The Morgan fingerprint density at radius 3 is 2.48 bits per heavy atom. The number of nitrogens with zero attached hydrogens (tertiary/aromatic N) is 4. The molecule has 2 heterocycles. The van der Waals surface area contributed by atoms with Crippen LogP contribution in [0, 0.1) is 0 Å². The Morgan fingerprint density at radius 1 is 1.17 bits per heavy atom. The number of benzene rings is 1. The van der Waals surface area contributed by atoms with E-state index >= 15 is 0 Å². The Kier molecular flexibility index (Phi) is 3.47. The number of nitrogens with one attached hydrogen (secondary N) is 1. The van der Waals surface area contributed by atoms with E-state index in [9.17, 15) is 4.79 Å². The summed E-state index contributed by atoms with van der Waals surface area (Å²) in [6.07, 6.45) is 0. The van der Waals surface area contributed by atoms with Gasteiger partial charge in [-0.05, 0) is 18.2 Å². The molecular weight excluding hydrogens is 290 g/mol. The minimum Gasteiger partial charge on any atom is -0.313 e. The molecule has 6 nitrogen and oxygen atoms in total. The number of para-hydroxylation sites is 2. The second-order valence-electron chi connectivity index (χ2n) is 6.73. The predicted octanol–water partition coefficient (Wildman–Crippen LogP) is 2.86. The molecular formula is C17H21N5O. The van der Waals surface area contributed by atoms with Crippen LogP contribution in [-0.2, 0) is 19.5 Å². The van der Waals surface area contributed by atoms with Gasteiger partial charge in [0.05, 0.1) is 16.7 Å². The topological polar surface area (TPSA) is 64.7 Å². The van der Waals surface area contributed by atoms with Gasteiger partial charge in [-0.15, -0.1) is 0 Å². The van der Waals surface area contributed by atoms with Crippen molar-refractivity contribution in [3.8, 4) is 0 Å². The van der Waals surface area contributed by atoms with E-state index in [0.717, 1.165) is 16.7 Å². The first-order valence-electron chi connectivity index (χ1n) is 7.54. The second kappa shape index (κ2) is 5.22. The Labute approximate surface area is 135 Å². The van der Waals surface area contributed by atoms with Crippen LogP contribution in [0.2, 0.25) is 0 Å². The van der Waals surface area contributed by atoms with Crippen LogP contribution in [0.5, 0.6) is 0 Å². The third-order valence-electron chi connectivity index (χ3n) is 3.89. The lowest BCUT2D eigenvalue weighted by atomic mass is 9.92. The molecule has 0 saturated carbocycles. The van der Waals surface area contributed by atoms with Crippen molar-refractivity contribution in [2.24, 2.45) is 14.1 Å². The van der Waals surface area contributed by atoms with E-state index in [1.807, 2.05) is 41.9 Å². The zero-order valence-electron chi connectivity index (χ0n) is 14.1. The summed E-state index contributed by atoms with van der Waals surface area (Å²) >= 11 is 0. The summed E-state index contributed by atoms with van der Waals surface area (Å²) in [6.45, 7) is 6.22. The summed E-state index contributed by atoms with van der Waals surface area (Å²) < 4.78 is 3.48. The molecule has 0 saturated heterocycles. The Hall–Kier alpha value is -2.63. The highest BCUT2D eigenvalue weighted by Crippen LogP contribution is 2.22. The smallest absolute Gasteiger partial charge is 0.276 e. The van der Waals surface area contributed by atoms with E-state index in [1.54, 1.807) is 11.7 Å². The second-order valence-corrected chi connectivity index (χ2v) is 6.73. The number of aromatic nitrogens is 4. The van der Waals surface area contributed by atoms with Crippen LogP contribution in [-0.4, -0.2) is 25.2 Å². The van der Waals surface area contributed by atoms with Gasteiger partial charge in [-0.3, -0.25) is 14.8 Å². The minimum atomic E-state index is -0.214. The molecule has 6 heteroatoms. The van der Waals surface area contributed by atoms with E-state index in [1.165, 1.54) is 0 Å². The maximum atomic E-state index is 12.6. The minimum absolute atomic E-state index is 0.103. The quantitative estimate of drug-likeness (QED) is 0.791. The molecule has 1 N–H and O–H groups in total. The van der Waals surface area contributed by atoms with Crippen molar-refractivity contribution < 1.29 is 4.79 Å². The number of hydrogen-bond acceptors (Lipinski definition) is 3. The zero-order valence-corrected chi connectivity index (χ0v) is 14.1. The summed E-state index contributed by atoms with van der Waals surface area (Å²) in [5.41, 5.74) is 3.12. The van der Waals surface area contributed by atoms with Gasteiger partial charge < -0.3 is 4.57 Å². The molecule has 3 aromatic rings. The lowest BCUT2D eigenvalue weighted by molar-refractivity contribution is 0.101. The molecule has 0 aliphatic heterocycles. The van der Waals surface area contributed by atoms with E-state index in [0.29, 0.717) is 11.6 Å². The summed E-state index contributed by atoms with van der Waals surface area (Å²) in [7, 11) is 3.66. The number of hydrogen-bond donors (Lipinski definition) is 1. The average Bonchev–Trinajstić information content (AvgIpc) is 3.01. The van der Waals surface area contributed by atoms with Gasteiger partial charge in [-0.25, -0.2) is 4.98 Å². The largest absolute Gasteiger partial charge is 0.313 e. The Balaban J connectivity index is 1.92. The summed E-state index contributed by atoms with van der Waals surface area (Å²) in [6, 6.07) is 9.61. The molecule has 0 aliphatic carbocycles. The normalized spacial score (nSPS) is 11.9. The molecule has 0 fully saturated rings. The predicted molar refractivity (Wildman–Crippen MR) is 90.6 cm³/mol. The fraction of sp³-hybridized carbons (Fsp3) is 0.353. The van der Waals surface area contributed by atoms with Crippen LogP contribution in [0.3, 0.4) is 0 Å². The highest BCUT2D eigenvalue weighted by molar-refractivity contribution is 6.03. The Morgan fingerprint density at radius 2 is 1.87 bits per heavy atom. The first-order valence-corrected chi connectivity index (χ1v) is 7.54. The van der Waals surface area contributed by atoms with Crippen LogP contribution >= 0.6 is 0 Å². The average molecular weight is 311 g/mol. The van der Waals surface area contributed by atoms with Crippen molar-refractivity contribution in [2.75, 3.05) is 5.32 Å². The van der Waals surface area contributed by atoms with Crippen molar-refractivity contribution >= 4 is 22.9 Å². The summed E-state index contributed by atoms with van der Waals surface area (Å²) in [5, 5.41) is 7.31. The molecule has 0 spiro atoms. The third kappa shape index (κ3) is 2.72. The van der Waals surface area contributed by atoms with E-state index in [2.05, 4.69) is 36.2 Å². The first kappa shape index (κ1) is 15.3. The number of carbonyl (C=O) groups is 1. The lowest BCUT2D eigenvalue weighted by Crippen LogP contribution is -2.18. The van der Waals surface area contributed by atoms with Crippen LogP contribution in [0.1, 0.15) is 37.0 Å². The van der Waals surface area contributed by atoms with Crippen molar-refractivity contribution in [3.63, 3.8) is 0 Å². The van der Waals surface area contributed by atoms with Gasteiger partial charge in [0.15, 0.2) is 0 Å². The number of aryl methyl sites for hydroxylation is 2. The van der Waals surface area contributed by atoms with E-state index < -0.39 is 0 Å². The van der Waals surface area contributed by atoms with Crippen LogP contribution < -0.4 is 5.32 Å². The van der Waals surface area contributed by atoms with E-state index in [-0.39, 0.29) is 11.3 Å². The van der Waals surface area contributed by atoms with Crippen molar-refractivity contribution in [3.05, 3.63) is 41.7 Å². The molecule has 120 valence electrons. The Bertz CT molecular complexity index is 882. The number of rotatable bonds is 2. The molecule has 0 radical (unpaired) electrons. The molecule has 0 unspecified atom stereocenters. The van der Waals surface area contributed by atoms with E-state index in [4.69, 9.17) is 0 Å². The molecule has 0 atom stereocenters. The van der Waals surface area contributed by atoms with Crippen molar-refractivity contribution in [1.29, 1.82) is 0 Å². The molecule has 1 aromatic carbocycles. The zero-order chi connectivity index (χ0) is 16.8. The monoisotopic (exact) mass is 311 g/mol. The van der Waals surface area contributed by atoms with Gasteiger partial charge in [0.1, 0.15) is 5.69 Å². The van der Waals surface area contributed by atoms with Gasteiger partial charge >= 0.3 is 0 Å². The van der Waals surface area contributed by atoms with Crippen LogP contribution in [0.25, 0.3) is 11.0 Å². The molecule has 23 heavy (non-hydrogen) atoms. The number of imidazole rings is 1. The van der Waals surface area contributed by atoms with Gasteiger partial charge in [0.25, 0.3) is 5.91 Å². The fourth-order valence-corrected chi connectivity index (χ4v) is 2.47. The fourth-order valence-electron chi connectivity index (χ4n) is 2.47. The maximum absolute atomic E-state index is 12.6. The number of carbonyl (C=O) groups excluding carboxylic acids is 1. The highest BCUT2D eigenvalue weighted by Gasteiger charge is 2.22. The standard InChI is InChI=1S/C17H21N5O/c1-17(2,3)14-10-13(22(5)20-14)15(23)19-16-18-11-8-6-7-9-12(11)21(16)4/h6-10H,1-5H3,(H,18,19,23). The summed E-state index contributed by atoms with van der Waals surface area (Å²) in [4.78, 5) is 17.0. The molecule has 3 rings (SSSR count). The van der Waals surface area contributed by atoms with Gasteiger partial charge in [-0.2, -0.15) is 5.10 Å². The molecule has 1 amide bonds.